The largest absolute Gasteiger partial charge is 0.466 e. The van der Waals surface area contributed by atoms with E-state index in [1.165, 1.54) is 64.2 Å². The molecule has 0 radical (unpaired) electrons. The third-order valence-electron chi connectivity index (χ3n) is 6.19. The highest BCUT2D eigenvalue weighted by Crippen LogP contribution is 2.28. The second-order valence-corrected chi connectivity index (χ2v) is 8.18. The number of rotatable bonds is 8. The van der Waals surface area contributed by atoms with E-state index < -0.39 is 0 Å². The van der Waals surface area contributed by atoms with Gasteiger partial charge in [-0.3, -0.25) is 9.59 Å². The van der Waals surface area contributed by atoms with E-state index in [1.807, 2.05) is 11.8 Å². The maximum Gasteiger partial charge on any atom is 0.307 e. The van der Waals surface area contributed by atoms with E-state index >= 15 is 0 Å². The van der Waals surface area contributed by atoms with Crippen molar-refractivity contribution in [2.24, 2.45) is 5.92 Å². The van der Waals surface area contributed by atoms with E-state index in [2.05, 4.69) is 0 Å². The molecule has 0 aromatic carbocycles. The fourth-order valence-corrected chi connectivity index (χ4v) is 4.65. The summed E-state index contributed by atoms with van der Waals surface area (Å²) in [7, 11) is 0. The van der Waals surface area contributed by atoms with Gasteiger partial charge in [-0.25, -0.2) is 0 Å². The van der Waals surface area contributed by atoms with Crippen molar-refractivity contribution in [2.75, 3.05) is 13.2 Å². The summed E-state index contributed by atoms with van der Waals surface area (Å²) in [6.45, 7) is 2.78. The lowest BCUT2D eigenvalue weighted by atomic mass is 9.86. The number of hydrogen-bond donors (Lipinski definition) is 0. The van der Waals surface area contributed by atoms with Crippen LogP contribution in [-0.4, -0.2) is 36.0 Å². The van der Waals surface area contributed by atoms with Gasteiger partial charge < -0.3 is 9.64 Å². The first-order valence-corrected chi connectivity index (χ1v) is 11.2. The molecule has 2 aliphatic carbocycles. The van der Waals surface area contributed by atoms with Crippen LogP contribution in [0, 0.1) is 5.92 Å². The Labute approximate surface area is 160 Å². The molecule has 2 rings (SSSR count). The average molecular weight is 366 g/mol. The highest BCUT2D eigenvalue weighted by atomic mass is 16.5. The SMILES string of the molecule is CCOC(=O)CCN(C(=O)CCC1CCCCC1)C1CCCCCCC1. The molecule has 0 aromatic heterocycles. The lowest BCUT2D eigenvalue weighted by Crippen LogP contribution is -2.42. The molecule has 150 valence electrons. The van der Waals surface area contributed by atoms with Gasteiger partial charge in [0.25, 0.3) is 0 Å². The Hall–Kier alpha value is -1.06. The molecule has 0 heterocycles. The summed E-state index contributed by atoms with van der Waals surface area (Å²) in [5.74, 6) is 0.825. The molecular weight excluding hydrogens is 326 g/mol. The Morgan fingerprint density at radius 3 is 2.08 bits per heavy atom. The van der Waals surface area contributed by atoms with Crippen molar-refractivity contribution in [3.05, 3.63) is 0 Å². The lowest BCUT2D eigenvalue weighted by Gasteiger charge is -2.34. The predicted molar refractivity (Wildman–Crippen MR) is 105 cm³/mol. The van der Waals surface area contributed by atoms with Crippen LogP contribution in [0.4, 0.5) is 0 Å². The van der Waals surface area contributed by atoms with E-state index in [0.29, 0.717) is 32.0 Å². The Bertz CT molecular complexity index is 410. The fourth-order valence-electron chi connectivity index (χ4n) is 4.65. The van der Waals surface area contributed by atoms with Crippen LogP contribution in [0.3, 0.4) is 0 Å². The average Bonchev–Trinajstić information content (AvgIpc) is 2.62. The molecule has 4 nitrogen and oxygen atoms in total. The summed E-state index contributed by atoms with van der Waals surface area (Å²) < 4.78 is 5.08. The van der Waals surface area contributed by atoms with E-state index in [1.54, 1.807) is 0 Å². The maximum absolute atomic E-state index is 13.0. The molecule has 2 aliphatic rings. The number of amides is 1. The minimum Gasteiger partial charge on any atom is -0.466 e. The molecule has 0 unspecified atom stereocenters. The third kappa shape index (κ3) is 7.67. The zero-order chi connectivity index (χ0) is 18.6. The number of hydrogen-bond acceptors (Lipinski definition) is 3. The topological polar surface area (TPSA) is 46.6 Å². The molecule has 4 heteroatoms. The standard InChI is InChI=1S/C22H39NO3/c1-2-26-22(25)17-18-23(20-13-9-4-3-5-10-14-20)21(24)16-15-19-11-7-6-8-12-19/h19-20H,2-18H2,1H3. The monoisotopic (exact) mass is 365 g/mol. The maximum atomic E-state index is 13.0. The van der Waals surface area contributed by atoms with Crippen LogP contribution >= 0.6 is 0 Å². The molecule has 0 spiro atoms. The summed E-state index contributed by atoms with van der Waals surface area (Å²) in [5.41, 5.74) is 0. The minimum atomic E-state index is -0.177. The van der Waals surface area contributed by atoms with Gasteiger partial charge in [0.2, 0.25) is 5.91 Å². The van der Waals surface area contributed by atoms with Gasteiger partial charge in [-0.1, -0.05) is 64.2 Å². The molecular formula is C22H39NO3. The molecule has 0 atom stereocenters. The van der Waals surface area contributed by atoms with Crippen molar-refractivity contribution in [3.63, 3.8) is 0 Å². The quantitative estimate of drug-likeness (QED) is 0.553. The van der Waals surface area contributed by atoms with Crippen molar-refractivity contribution in [2.45, 2.75) is 109 Å². The lowest BCUT2D eigenvalue weighted by molar-refractivity contribution is -0.144. The van der Waals surface area contributed by atoms with E-state index in [9.17, 15) is 9.59 Å². The second-order valence-electron chi connectivity index (χ2n) is 8.18. The van der Waals surface area contributed by atoms with Gasteiger partial charge in [0.15, 0.2) is 0 Å². The Morgan fingerprint density at radius 2 is 1.42 bits per heavy atom. The number of ether oxygens (including phenoxy) is 1. The van der Waals surface area contributed by atoms with Gasteiger partial charge in [0.05, 0.1) is 13.0 Å². The van der Waals surface area contributed by atoms with Crippen molar-refractivity contribution >= 4 is 11.9 Å². The highest BCUT2D eigenvalue weighted by Gasteiger charge is 2.25. The first-order chi connectivity index (χ1) is 12.7. The molecule has 0 N–H and O–H groups in total. The van der Waals surface area contributed by atoms with Gasteiger partial charge in [-0.15, -0.1) is 0 Å². The normalized spacial score (nSPS) is 20.2. The van der Waals surface area contributed by atoms with Crippen LogP contribution in [0.2, 0.25) is 0 Å². The summed E-state index contributed by atoms with van der Waals surface area (Å²) in [6, 6.07) is 0.323. The van der Waals surface area contributed by atoms with Crippen LogP contribution in [-0.2, 0) is 14.3 Å². The van der Waals surface area contributed by atoms with Crippen molar-refractivity contribution in [3.8, 4) is 0 Å². The van der Waals surface area contributed by atoms with Crippen LogP contribution in [0.25, 0.3) is 0 Å². The zero-order valence-corrected chi connectivity index (χ0v) is 16.8. The number of carbonyl (C=O) groups excluding carboxylic acids is 2. The highest BCUT2D eigenvalue weighted by molar-refractivity contribution is 5.77. The van der Waals surface area contributed by atoms with Gasteiger partial charge in [0.1, 0.15) is 0 Å². The van der Waals surface area contributed by atoms with E-state index in [4.69, 9.17) is 4.74 Å². The smallest absolute Gasteiger partial charge is 0.307 e. The summed E-state index contributed by atoms with van der Waals surface area (Å²) in [6.07, 6.45) is 17.1. The molecule has 0 saturated heterocycles. The van der Waals surface area contributed by atoms with Crippen LogP contribution in [0.1, 0.15) is 103 Å². The van der Waals surface area contributed by atoms with Crippen molar-refractivity contribution < 1.29 is 14.3 Å². The third-order valence-corrected chi connectivity index (χ3v) is 6.19. The number of carbonyl (C=O) groups is 2. The first kappa shape index (κ1) is 21.2. The summed E-state index contributed by atoms with van der Waals surface area (Å²) >= 11 is 0. The van der Waals surface area contributed by atoms with Crippen molar-refractivity contribution in [1.82, 2.24) is 4.90 Å². The zero-order valence-electron chi connectivity index (χ0n) is 16.8. The molecule has 26 heavy (non-hydrogen) atoms. The number of esters is 1. The molecule has 1 amide bonds. The van der Waals surface area contributed by atoms with Crippen LogP contribution in [0.15, 0.2) is 0 Å². The molecule has 0 aliphatic heterocycles. The van der Waals surface area contributed by atoms with Crippen molar-refractivity contribution in [1.29, 1.82) is 0 Å². The molecule has 0 aromatic rings. The summed E-state index contributed by atoms with van der Waals surface area (Å²) in [4.78, 5) is 26.9. The van der Waals surface area contributed by atoms with Gasteiger partial charge in [0, 0.05) is 19.0 Å². The molecule has 2 saturated carbocycles. The second kappa shape index (κ2) is 12.3. The number of nitrogens with zero attached hydrogens (tertiary/aromatic N) is 1. The van der Waals surface area contributed by atoms with E-state index in [0.717, 1.165) is 25.2 Å². The fraction of sp³-hybridized carbons (Fsp3) is 0.909. The summed E-state index contributed by atoms with van der Waals surface area (Å²) in [5, 5.41) is 0. The van der Waals surface area contributed by atoms with Gasteiger partial charge >= 0.3 is 5.97 Å². The van der Waals surface area contributed by atoms with E-state index in [-0.39, 0.29) is 11.9 Å². The van der Waals surface area contributed by atoms with Gasteiger partial charge in [-0.2, -0.15) is 0 Å². The first-order valence-electron chi connectivity index (χ1n) is 11.2. The predicted octanol–water partition coefficient (Wildman–Crippen LogP) is 5.24. The molecule has 0 bridgehead atoms. The Morgan fingerprint density at radius 1 is 0.846 bits per heavy atom. The van der Waals surface area contributed by atoms with Gasteiger partial charge in [-0.05, 0) is 32.1 Å². The minimum absolute atomic E-state index is 0.177. The Kier molecular flexibility index (Phi) is 10.1. The molecule has 2 fully saturated rings. The van der Waals surface area contributed by atoms with Crippen LogP contribution < -0.4 is 0 Å². The Balaban J connectivity index is 1.90. The van der Waals surface area contributed by atoms with Crippen LogP contribution in [0.5, 0.6) is 0 Å².